The molecule has 112 valence electrons. The summed E-state index contributed by atoms with van der Waals surface area (Å²) in [6.07, 6.45) is 2.31. The highest BCUT2D eigenvalue weighted by molar-refractivity contribution is 7.87. The summed E-state index contributed by atoms with van der Waals surface area (Å²) in [5.74, 6) is 0.925. The first-order valence-corrected chi connectivity index (χ1v) is 8.76. The van der Waals surface area contributed by atoms with Gasteiger partial charge in [-0.2, -0.15) is 17.4 Å². The number of rotatable bonds is 6. The zero-order chi connectivity index (χ0) is 14.2. The lowest BCUT2D eigenvalue weighted by atomic mass is 10.1. The van der Waals surface area contributed by atoms with Crippen LogP contribution in [0.1, 0.15) is 33.6 Å². The van der Waals surface area contributed by atoms with E-state index in [2.05, 4.69) is 23.5 Å². The second kappa shape index (κ2) is 5.68. The van der Waals surface area contributed by atoms with E-state index in [1.54, 1.807) is 7.05 Å². The number of likely N-dealkylation sites (tertiary alicyclic amines) is 1. The zero-order valence-electron chi connectivity index (χ0n) is 12.5. The molecule has 1 saturated heterocycles. The lowest BCUT2D eigenvalue weighted by molar-refractivity contribution is 0.337. The van der Waals surface area contributed by atoms with Gasteiger partial charge in [0.2, 0.25) is 0 Å². The Balaban J connectivity index is 1.96. The van der Waals surface area contributed by atoms with E-state index in [0.29, 0.717) is 11.8 Å². The number of hydrogen-bond acceptors (Lipinski definition) is 3. The summed E-state index contributed by atoms with van der Waals surface area (Å²) in [5, 5.41) is 0. The minimum atomic E-state index is -3.36. The van der Waals surface area contributed by atoms with Crippen LogP contribution in [-0.2, 0) is 10.2 Å². The molecule has 2 aliphatic rings. The van der Waals surface area contributed by atoms with Gasteiger partial charge in [0.25, 0.3) is 10.2 Å². The first-order valence-electron chi connectivity index (χ1n) is 7.32. The summed E-state index contributed by atoms with van der Waals surface area (Å²) in [4.78, 5) is 2.29. The Morgan fingerprint density at radius 1 is 1.37 bits per heavy atom. The molecule has 0 bridgehead atoms. The van der Waals surface area contributed by atoms with Crippen LogP contribution in [0, 0.1) is 11.8 Å². The van der Waals surface area contributed by atoms with Crippen LogP contribution >= 0.6 is 0 Å². The van der Waals surface area contributed by atoms with E-state index in [1.165, 1.54) is 4.31 Å². The average Bonchev–Trinajstić information content (AvgIpc) is 3.14. The number of hydrogen-bond donors (Lipinski definition) is 1. The van der Waals surface area contributed by atoms with Gasteiger partial charge in [0.15, 0.2) is 0 Å². The molecule has 5 nitrogen and oxygen atoms in total. The van der Waals surface area contributed by atoms with Crippen molar-refractivity contribution in [3.8, 4) is 0 Å². The average molecular weight is 289 g/mol. The molecule has 1 saturated carbocycles. The smallest absolute Gasteiger partial charge is 0.279 e. The molecule has 0 radical (unpaired) electrons. The highest BCUT2D eigenvalue weighted by atomic mass is 32.2. The van der Waals surface area contributed by atoms with E-state index < -0.39 is 10.2 Å². The van der Waals surface area contributed by atoms with Crippen molar-refractivity contribution in [3.05, 3.63) is 0 Å². The third kappa shape index (κ3) is 3.48. The monoisotopic (exact) mass is 289 g/mol. The Kier molecular flexibility index (Phi) is 4.55. The predicted octanol–water partition coefficient (Wildman–Crippen LogP) is 0.891. The Bertz CT molecular complexity index is 408. The van der Waals surface area contributed by atoms with Crippen LogP contribution < -0.4 is 4.72 Å². The number of nitrogens with one attached hydrogen (secondary N) is 1. The second-order valence-electron chi connectivity index (χ2n) is 6.15. The maximum atomic E-state index is 12.4. The van der Waals surface area contributed by atoms with Crippen LogP contribution in [0.15, 0.2) is 0 Å². The van der Waals surface area contributed by atoms with E-state index in [4.69, 9.17) is 0 Å². The Morgan fingerprint density at radius 3 is 2.47 bits per heavy atom. The quantitative estimate of drug-likeness (QED) is 0.790. The normalized spacial score (nSPS) is 31.0. The molecule has 0 amide bonds. The minimum absolute atomic E-state index is 0.0406. The Hall–Kier alpha value is -0.170. The van der Waals surface area contributed by atoms with Crippen molar-refractivity contribution < 1.29 is 8.42 Å². The molecule has 2 fully saturated rings. The SMILES string of the molecule is CCN1CC(C)C(NS(=O)(=O)N(C)C(C)C2CC2)C1. The van der Waals surface area contributed by atoms with Crippen LogP contribution in [0.5, 0.6) is 0 Å². The second-order valence-corrected chi connectivity index (χ2v) is 7.91. The predicted molar refractivity (Wildman–Crippen MR) is 77.1 cm³/mol. The molecule has 1 N–H and O–H groups in total. The van der Waals surface area contributed by atoms with Crippen molar-refractivity contribution in [1.29, 1.82) is 0 Å². The Labute approximate surface area is 117 Å². The van der Waals surface area contributed by atoms with Crippen LogP contribution in [0.2, 0.25) is 0 Å². The van der Waals surface area contributed by atoms with E-state index in [0.717, 1.165) is 32.5 Å². The van der Waals surface area contributed by atoms with Gasteiger partial charge in [-0.05, 0) is 38.1 Å². The van der Waals surface area contributed by atoms with E-state index >= 15 is 0 Å². The summed E-state index contributed by atoms with van der Waals surface area (Å²) >= 11 is 0. The van der Waals surface area contributed by atoms with Crippen molar-refractivity contribution >= 4 is 10.2 Å². The molecule has 0 spiro atoms. The summed E-state index contributed by atoms with van der Waals surface area (Å²) in [7, 11) is -1.66. The highest BCUT2D eigenvalue weighted by Gasteiger charge is 2.38. The first kappa shape index (κ1) is 15.2. The molecule has 2 rings (SSSR count). The van der Waals surface area contributed by atoms with Gasteiger partial charge < -0.3 is 4.90 Å². The molecule has 19 heavy (non-hydrogen) atoms. The molecular weight excluding hydrogens is 262 g/mol. The van der Waals surface area contributed by atoms with Gasteiger partial charge >= 0.3 is 0 Å². The fourth-order valence-electron chi connectivity index (χ4n) is 2.85. The van der Waals surface area contributed by atoms with Crippen molar-refractivity contribution in [2.75, 3.05) is 26.7 Å². The van der Waals surface area contributed by atoms with Gasteiger partial charge in [-0.25, -0.2) is 0 Å². The Morgan fingerprint density at radius 2 is 2.00 bits per heavy atom. The van der Waals surface area contributed by atoms with Crippen LogP contribution in [0.4, 0.5) is 0 Å². The van der Waals surface area contributed by atoms with Crippen LogP contribution in [-0.4, -0.2) is 56.4 Å². The maximum absolute atomic E-state index is 12.4. The van der Waals surface area contributed by atoms with E-state index in [9.17, 15) is 8.42 Å². The molecular formula is C13H27N3O2S. The highest BCUT2D eigenvalue weighted by Crippen LogP contribution is 2.35. The van der Waals surface area contributed by atoms with Crippen LogP contribution in [0.25, 0.3) is 0 Å². The zero-order valence-corrected chi connectivity index (χ0v) is 13.3. The lowest BCUT2D eigenvalue weighted by Gasteiger charge is -2.27. The topological polar surface area (TPSA) is 52.7 Å². The molecule has 0 aromatic carbocycles. The third-order valence-corrected chi connectivity index (χ3v) is 6.38. The summed E-state index contributed by atoms with van der Waals surface area (Å²) in [5.41, 5.74) is 0. The summed E-state index contributed by atoms with van der Waals surface area (Å²) in [6.45, 7) is 9.02. The lowest BCUT2D eigenvalue weighted by Crippen LogP contribution is -2.49. The number of likely N-dealkylation sites (N-methyl/N-ethyl adjacent to an activating group) is 1. The third-order valence-electron chi connectivity index (χ3n) is 4.69. The van der Waals surface area contributed by atoms with Gasteiger partial charge in [-0.1, -0.05) is 13.8 Å². The molecule has 1 aliphatic heterocycles. The minimum Gasteiger partial charge on any atom is -0.302 e. The fraction of sp³-hybridized carbons (Fsp3) is 1.00. The van der Waals surface area contributed by atoms with Crippen LogP contribution in [0.3, 0.4) is 0 Å². The molecule has 1 aliphatic carbocycles. The molecule has 6 heteroatoms. The van der Waals surface area contributed by atoms with Crippen molar-refractivity contribution in [1.82, 2.24) is 13.9 Å². The molecule has 1 heterocycles. The summed E-state index contributed by atoms with van der Waals surface area (Å²) in [6, 6.07) is 0.148. The standard InChI is InChI=1S/C13H27N3O2S/c1-5-16-8-10(2)13(9-16)14-19(17,18)15(4)11(3)12-6-7-12/h10-14H,5-9H2,1-4H3. The largest absolute Gasteiger partial charge is 0.302 e. The number of nitrogens with zero attached hydrogens (tertiary/aromatic N) is 2. The van der Waals surface area contributed by atoms with Gasteiger partial charge in [-0.15, -0.1) is 0 Å². The van der Waals surface area contributed by atoms with Gasteiger partial charge in [0, 0.05) is 32.2 Å². The fourth-order valence-corrected chi connectivity index (χ4v) is 4.31. The van der Waals surface area contributed by atoms with Crippen molar-refractivity contribution in [3.63, 3.8) is 0 Å². The van der Waals surface area contributed by atoms with E-state index in [-0.39, 0.29) is 12.1 Å². The maximum Gasteiger partial charge on any atom is 0.279 e. The molecule has 3 atom stereocenters. The molecule has 3 unspecified atom stereocenters. The first-order chi connectivity index (χ1) is 8.85. The summed E-state index contributed by atoms with van der Waals surface area (Å²) < 4.78 is 29.2. The molecule has 0 aromatic rings. The van der Waals surface area contributed by atoms with Gasteiger partial charge in [0.05, 0.1) is 0 Å². The van der Waals surface area contributed by atoms with E-state index in [1.807, 2.05) is 6.92 Å². The van der Waals surface area contributed by atoms with Gasteiger partial charge in [0.1, 0.15) is 0 Å². The van der Waals surface area contributed by atoms with Crippen molar-refractivity contribution in [2.24, 2.45) is 11.8 Å². The van der Waals surface area contributed by atoms with Crippen molar-refractivity contribution in [2.45, 2.75) is 45.7 Å². The molecule has 0 aromatic heterocycles. The van der Waals surface area contributed by atoms with Gasteiger partial charge in [-0.3, -0.25) is 0 Å².